The molecule has 0 fully saturated rings. The Bertz CT molecular complexity index is 2730. The molecule has 8 aromatic carbocycles. The predicted molar refractivity (Wildman–Crippen MR) is 219 cm³/mol. The van der Waals surface area contributed by atoms with Gasteiger partial charge in [-0.05, 0) is 91.5 Å². The summed E-state index contributed by atoms with van der Waals surface area (Å²) in [5.41, 5.74) is 17.3. The zero-order valence-electron chi connectivity index (χ0n) is 29.3. The van der Waals surface area contributed by atoms with E-state index in [1.54, 1.807) is 0 Å². The molecule has 1 aliphatic carbocycles. The van der Waals surface area contributed by atoms with Gasteiger partial charge in [0.1, 0.15) is 0 Å². The van der Waals surface area contributed by atoms with E-state index < -0.39 is 5.41 Å². The van der Waals surface area contributed by atoms with Crippen LogP contribution in [0.2, 0.25) is 0 Å². The summed E-state index contributed by atoms with van der Waals surface area (Å²) in [5, 5.41) is 3.81. The van der Waals surface area contributed by atoms with E-state index in [1.165, 1.54) is 94.1 Å². The number of aromatic nitrogens is 1. The molecule has 0 amide bonds. The number of fused-ring (bicyclic) bond motifs is 6. The molecule has 1 aliphatic rings. The van der Waals surface area contributed by atoms with Gasteiger partial charge in [0.25, 0.3) is 0 Å². The maximum Gasteiger partial charge on any atom is 0.0714 e. The van der Waals surface area contributed by atoms with Crippen LogP contribution in [0.1, 0.15) is 27.8 Å². The first kappa shape index (κ1) is 30.4. The zero-order valence-corrected chi connectivity index (χ0v) is 29.3. The summed E-state index contributed by atoms with van der Waals surface area (Å²) in [4.78, 5) is 0. The van der Waals surface area contributed by atoms with Crippen LogP contribution in [0.5, 0.6) is 0 Å². The van der Waals surface area contributed by atoms with Crippen LogP contribution in [0, 0.1) is 6.92 Å². The van der Waals surface area contributed by atoms with Crippen LogP contribution < -0.4 is 0 Å². The molecule has 0 saturated carbocycles. The molecule has 52 heavy (non-hydrogen) atoms. The highest BCUT2D eigenvalue weighted by molar-refractivity contribution is 6.12. The molecule has 1 heterocycles. The molecule has 1 aromatic heterocycles. The van der Waals surface area contributed by atoms with Crippen molar-refractivity contribution in [1.29, 1.82) is 0 Å². The first-order valence-electron chi connectivity index (χ1n) is 18.2. The van der Waals surface area contributed by atoms with Gasteiger partial charge in [-0.15, -0.1) is 0 Å². The highest BCUT2D eigenvalue weighted by Crippen LogP contribution is 2.59. The van der Waals surface area contributed by atoms with Crippen LogP contribution in [0.4, 0.5) is 0 Å². The molecule has 1 nitrogen and oxygen atoms in total. The van der Waals surface area contributed by atoms with Gasteiger partial charge in [-0.1, -0.05) is 175 Å². The van der Waals surface area contributed by atoms with Crippen molar-refractivity contribution in [2.24, 2.45) is 7.05 Å². The third kappa shape index (κ3) is 4.36. The largest absolute Gasteiger partial charge is 0.343 e. The lowest BCUT2D eigenvalue weighted by molar-refractivity contribution is 0.768. The molecule has 0 atom stereocenters. The fourth-order valence-electron chi connectivity index (χ4n) is 9.14. The van der Waals surface area contributed by atoms with E-state index in [4.69, 9.17) is 0 Å². The van der Waals surface area contributed by atoms with E-state index in [1.807, 2.05) is 0 Å². The lowest BCUT2D eigenvalue weighted by atomic mass is 9.67. The van der Waals surface area contributed by atoms with Crippen LogP contribution in [0.25, 0.3) is 66.3 Å². The molecule has 0 N–H and O–H groups in total. The minimum Gasteiger partial charge on any atom is -0.343 e. The molecule has 1 heteroatoms. The number of hydrogen-bond donors (Lipinski definition) is 0. The molecule has 0 aliphatic heterocycles. The second-order valence-corrected chi connectivity index (χ2v) is 14.2. The maximum atomic E-state index is 2.53. The summed E-state index contributed by atoms with van der Waals surface area (Å²) in [6, 6.07) is 69.7. The quantitative estimate of drug-likeness (QED) is 0.173. The summed E-state index contributed by atoms with van der Waals surface area (Å²) in [6.07, 6.45) is 0. The SMILES string of the molecule is Cc1ccc2c(c1)C(c1ccccc1)(c1ccccc1)c1cc(-c3ccc4c(c3)c(-c3ccccc3)c(-c3ccccc3)n4C)c3ccccc3c1-2. The summed E-state index contributed by atoms with van der Waals surface area (Å²) in [5.74, 6) is 0. The molecule has 0 saturated heterocycles. The third-order valence-corrected chi connectivity index (χ3v) is 11.3. The van der Waals surface area contributed by atoms with E-state index in [0.717, 1.165) is 0 Å². The molecule has 0 radical (unpaired) electrons. The standard InChI is InChI=1S/C51H37N/c1-34-27-29-42-45(31-34)51(38-21-11-5-12-22-38,39-23-13-6-14-24-39)46-33-43(40-25-15-16-26-41(40)49(42)46)37-28-30-47-44(32-37)48(35-17-7-3-8-18-35)50(52(47)2)36-19-9-4-10-20-36/h3-33H,1-2H3. The van der Waals surface area contributed by atoms with Crippen molar-refractivity contribution in [2.75, 3.05) is 0 Å². The number of hydrogen-bond acceptors (Lipinski definition) is 0. The Morgan fingerprint density at radius 1 is 0.404 bits per heavy atom. The van der Waals surface area contributed by atoms with Crippen molar-refractivity contribution in [1.82, 2.24) is 4.57 Å². The van der Waals surface area contributed by atoms with E-state index in [2.05, 4.69) is 207 Å². The molecule has 0 spiro atoms. The van der Waals surface area contributed by atoms with Crippen LogP contribution in [-0.4, -0.2) is 4.57 Å². The van der Waals surface area contributed by atoms with Crippen molar-refractivity contribution in [3.05, 3.63) is 216 Å². The number of benzene rings is 8. The van der Waals surface area contributed by atoms with Crippen molar-refractivity contribution in [2.45, 2.75) is 12.3 Å². The monoisotopic (exact) mass is 663 g/mol. The first-order valence-corrected chi connectivity index (χ1v) is 18.2. The Labute approximate surface area is 305 Å². The summed E-state index contributed by atoms with van der Waals surface area (Å²) in [7, 11) is 2.20. The highest BCUT2D eigenvalue weighted by atomic mass is 15.0. The van der Waals surface area contributed by atoms with Gasteiger partial charge in [-0.2, -0.15) is 0 Å². The van der Waals surface area contributed by atoms with E-state index in [0.29, 0.717) is 0 Å². The van der Waals surface area contributed by atoms with Gasteiger partial charge >= 0.3 is 0 Å². The fraction of sp³-hybridized carbons (Fsp3) is 0.0588. The molecule has 10 rings (SSSR count). The number of aryl methyl sites for hydroxylation is 2. The van der Waals surface area contributed by atoms with Gasteiger partial charge in [-0.25, -0.2) is 0 Å². The average molecular weight is 664 g/mol. The van der Waals surface area contributed by atoms with Crippen LogP contribution in [-0.2, 0) is 12.5 Å². The van der Waals surface area contributed by atoms with Crippen LogP contribution in [0.15, 0.2) is 188 Å². The van der Waals surface area contributed by atoms with Crippen molar-refractivity contribution < 1.29 is 0 Å². The van der Waals surface area contributed by atoms with Gasteiger partial charge < -0.3 is 4.57 Å². The number of rotatable bonds is 5. The van der Waals surface area contributed by atoms with Gasteiger partial charge in [0.2, 0.25) is 0 Å². The lowest BCUT2D eigenvalue weighted by Gasteiger charge is -2.34. The third-order valence-electron chi connectivity index (χ3n) is 11.3. The van der Waals surface area contributed by atoms with Gasteiger partial charge in [-0.3, -0.25) is 0 Å². The fourth-order valence-corrected chi connectivity index (χ4v) is 9.14. The molecular weight excluding hydrogens is 627 g/mol. The Morgan fingerprint density at radius 2 is 0.981 bits per heavy atom. The van der Waals surface area contributed by atoms with Crippen LogP contribution in [0.3, 0.4) is 0 Å². The molecular formula is C51H37N. The second kappa shape index (κ2) is 11.8. The zero-order chi connectivity index (χ0) is 34.8. The topological polar surface area (TPSA) is 4.93 Å². The van der Waals surface area contributed by atoms with Crippen molar-refractivity contribution >= 4 is 21.7 Å². The van der Waals surface area contributed by atoms with Gasteiger partial charge in [0, 0.05) is 23.5 Å². The number of nitrogens with zero attached hydrogens (tertiary/aromatic N) is 1. The highest BCUT2D eigenvalue weighted by Gasteiger charge is 2.47. The summed E-state index contributed by atoms with van der Waals surface area (Å²) in [6.45, 7) is 2.22. The average Bonchev–Trinajstić information content (AvgIpc) is 3.67. The Balaban J connectivity index is 1.32. The van der Waals surface area contributed by atoms with Crippen molar-refractivity contribution in [3.8, 4) is 44.6 Å². The lowest BCUT2D eigenvalue weighted by Crippen LogP contribution is -2.28. The van der Waals surface area contributed by atoms with Gasteiger partial charge in [0.15, 0.2) is 0 Å². The summed E-state index contributed by atoms with van der Waals surface area (Å²) >= 11 is 0. The molecule has 0 unspecified atom stereocenters. The Hall–Kier alpha value is -6.44. The normalized spacial score (nSPS) is 13.0. The second-order valence-electron chi connectivity index (χ2n) is 14.2. The smallest absolute Gasteiger partial charge is 0.0714 e. The van der Waals surface area contributed by atoms with Crippen LogP contribution >= 0.6 is 0 Å². The first-order chi connectivity index (χ1) is 25.6. The van der Waals surface area contributed by atoms with Crippen molar-refractivity contribution in [3.63, 3.8) is 0 Å². The predicted octanol–water partition coefficient (Wildman–Crippen LogP) is 13.0. The molecule has 0 bridgehead atoms. The Morgan fingerprint density at radius 3 is 1.63 bits per heavy atom. The minimum atomic E-state index is -0.482. The summed E-state index contributed by atoms with van der Waals surface area (Å²) < 4.78 is 2.37. The molecule has 246 valence electrons. The Kier molecular flexibility index (Phi) is 6.91. The minimum absolute atomic E-state index is 0.482. The van der Waals surface area contributed by atoms with E-state index >= 15 is 0 Å². The molecule has 9 aromatic rings. The van der Waals surface area contributed by atoms with E-state index in [-0.39, 0.29) is 0 Å². The van der Waals surface area contributed by atoms with E-state index in [9.17, 15) is 0 Å². The van der Waals surface area contributed by atoms with Gasteiger partial charge in [0.05, 0.1) is 11.1 Å². The maximum absolute atomic E-state index is 2.53.